The topological polar surface area (TPSA) is 82.2 Å². The summed E-state index contributed by atoms with van der Waals surface area (Å²) in [6, 6.07) is 4.44. The maximum absolute atomic E-state index is 11.9. The van der Waals surface area contributed by atoms with E-state index in [1.807, 2.05) is 0 Å². The lowest BCUT2D eigenvalue weighted by Gasteiger charge is -2.27. The van der Waals surface area contributed by atoms with Gasteiger partial charge in [0.15, 0.2) is 0 Å². The second-order valence-electron chi connectivity index (χ2n) is 4.53. The Kier molecular flexibility index (Phi) is 3.28. The minimum absolute atomic E-state index is 0.0597. The molecule has 0 aromatic carbocycles. The Labute approximate surface area is 98.9 Å². The Hall–Kier alpha value is -1.62. The number of aromatic amines is 1. The molecule has 1 heterocycles. The third kappa shape index (κ3) is 2.55. The summed E-state index contributed by atoms with van der Waals surface area (Å²) in [5.74, 6) is -0.335. The van der Waals surface area contributed by atoms with Crippen LogP contribution in [0.4, 0.5) is 0 Å². The SMILES string of the molecule is O=C(NC1(CO)CCCC1)c1cccc(=O)[nH]1. The summed E-state index contributed by atoms with van der Waals surface area (Å²) in [4.78, 5) is 25.5. The molecule has 17 heavy (non-hydrogen) atoms. The van der Waals surface area contributed by atoms with Gasteiger partial charge in [0, 0.05) is 6.07 Å². The van der Waals surface area contributed by atoms with Crippen LogP contribution in [0.5, 0.6) is 0 Å². The van der Waals surface area contributed by atoms with Crippen LogP contribution >= 0.6 is 0 Å². The number of aliphatic hydroxyl groups excluding tert-OH is 1. The van der Waals surface area contributed by atoms with Crippen molar-refractivity contribution in [1.82, 2.24) is 10.3 Å². The monoisotopic (exact) mass is 236 g/mol. The molecule has 0 radical (unpaired) electrons. The van der Waals surface area contributed by atoms with Gasteiger partial charge in [-0.3, -0.25) is 9.59 Å². The maximum Gasteiger partial charge on any atom is 0.268 e. The lowest BCUT2D eigenvalue weighted by atomic mass is 9.99. The molecule has 0 aliphatic heterocycles. The Morgan fingerprint density at radius 1 is 1.41 bits per heavy atom. The van der Waals surface area contributed by atoms with Gasteiger partial charge < -0.3 is 15.4 Å². The largest absolute Gasteiger partial charge is 0.394 e. The summed E-state index contributed by atoms with van der Waals surface area (Å²) < 4.78 is 0. The number of pyridine rings is 1. The van der Waals surface area contributed by atoms with Gasteiger partial charge in [-0.2, -0.15) is 0 Å². The first-order valence-electron chi connectivity index (χ1n) is 5.78. The number of carbonyl (C=O) groups excluding carboxylic acids is 1. The van der Waals surface area contributed by atoms with Crippen LogP contribution in [0.2, 0.25) is 0 Å². The molecule has 1 fully saturated rings. The molecule has 1 aliphatic carbocycles. The van der Waals surface area contributed by atoms with E-state index >= 15 is 0 Å². The molecule has 0 atom stereocenters. The van der Waals surface area contributed by atoms with E-state index in [9.17, 15) is 14.7 Å². The molecule has 5 nitrogen and oxygen atoms in total. The van der Waals surface area contributed by atoms with Crippen LogP contribution in [0.25, 0.3) is 0 Å². The fraction of sp³-hybridized carbons (Fsp3) is 0.500. The number of hydrogen-bond donors (Lipinski definition) is 3. The highest BCUT2D eigenvalue weighted by atomic mass is 16.3. The van der Waals surface area contributed by atoms with Crippen molar-refractivity contribution in [2.24, 2.45) is 0 Å². The highest BCUT2D eigenvalue weighted by Gasteiger charge is 2.34. The molecule has 0 bridgehead atoms. The molecule has 92 valence electrons. The molecule has 1 saturated carbocycles. The molecule has 0 unspecified atom stereocenters. The van der Waals surface area contributed by atoms with Crippen molar-refractivity contribution in [3.05, 3.63) is 34.2 Å². The molecule has 2 rings (SSSR count). The van der Waals surface area contributed by atoms with Crippen molar-refractivity contribution < 1.29 is 9.90 Å². The van der Waals surface area contributed by atoms with E-state index in [0.29, 0.717) is 0 Å². The van der Waals surface area contributed by atoms with Crippen molar-refractivity contribution in [1.29, 1.82) is 0 Å². The molecule has 0 saturated heterocycles. The van der Waals surface area contributed by atoms with Gasteiger partial charge in [-0.25, -0.2) is 0 Å². The van der Waals surface area contributed by atoms with Crippen molar-refractivity contribution in [2.45, 2.75) is 31.2 Å². The number of aromatic nitrogens is 1. The Morgan fingerprint density at radius 3 is 2.71 bits per heavy atom. The van der Waals surface area contributed by atoms with Gasteiger partial charge in [-0.05, 0) is 18.9 Å². The van der Waals surface area contributed by atoms with Crippen LogP contribution in [0.15, 0.2) is 23.0 Å². The fourth-order valence-corrected chi connectivity index (χ4v) is 2.26. The predicted octanol–water partition coefficient (Wildman–Crippen LogP) is 0.410. The Bertz CT molecular complexity index is 461. The number of hydrogen-bond acceptors (Lipinski definition) is 3. The van der Waals surface area contributed by atoms with Crippen LogP contribution in [-0.2, 0) is 0 Å². The van der Waals surface area contributed by atoms with E-state index in [0.717, 1.165) is 25.7 Å². The van der Waals surface area contributed by atoms with E-state index in [1.54, 1.807) is 6.07 Å². The number of amides is 1. The quantitative estimate of drug-likeness (QED) is 0.711. The van der Waals surface area contributed by atoms with Crippen molar-refractivity contribution >= 4 is 5.91 Å². The van der Waals surface area contributed by atoms with E-state index in [-0.39, 0.29) is 23.8 Å². The smallest absolute Gasteiger partial charge is 0.268 e. The van der Waals surface area contributed by atoms with E-state index < -0.39 is 5.54 Å². The molecule has 0 spiro atoms. The summed E-state index contributed by atoms with van der Waals surface area (Å²) in [6.45, 7) is -0.0597. The second kappa shape index (κ2) is 4.71. The predicted molar refractivity (Wildman–Crippen MR) is 62.8 cm³/mol. The maximum atomic E-state index is 11.9. The van der Waals surface area contributed by atoms with Crippen LogP contribution in [0, 0.1) is 0 Å². The van der Waals surface area contributed by atoms with Crippen molar-refractivity contribution in [3.8, 4) is 0 Å². The fourth-order valence-electron chi connectivity index (χ4n) is 2.26. The highest BCUT2D eigenvalue weighted by molar-refractivity contribution is 5.92. The van der Waals surface area contributed by atoms with Gasteiger partial charge in [-0.1, -0.05) is 18.9 Å². The minimum atomic E-state index is -0.510. The van der Waals surface area contributed by atoms with Gasteiger partial charge >= 0.3 is 0 Å². The summed E-state index contributed by atoms with van der Waals surface area (Å²) in [7, 11) is 0. The molecule has 1 aliphatic rings. The summed E-state index contributed by atoms with van der Waals surface area (Å²) in [5, 5.41) is 12.2. The molecule has 3 N–H and O–H groups in total. The highest BCUT2D eigenvalue weighted by Crippen LogP contribution is 2.29. The van der Waals surface area contributed by atoms with Gasteiger partial charge in [0.05, 0.1) is 12.1 Å². The lowest BCUT2D eigenvalue weighted by molar-refractivity contribution is 0.0833. The number of carbonyl (C=O) groups is 1. The molecule has 1 amide bonds. The summed E-state index contributed by atoms with van der Waals surface area (Å²) in [6.07, 6.45) is 3.58. The van der Waals surface area contributed by atoms with Gasteiger partial charge in [-0.15, -0.1) is 0 Å². The number of H-pyrrole nitrogens is 1. The van der Waals surface area contributed by atoms with Gasteiger partial charge in [0.2, 0.25) is 5.56 Å². The lowest BCUT2D eigenvalue weighted by Crippen LogP contribution is -2.49. The normalized spacial score (nSPS) is 17.9. The summed E-state index contributed by atoms with van der Waals surface area (Å²) in [5.41, 5.74) is -0.580. The van der Waals surface area contributed by atoms with Crippen molar-refractivity contribution in [2.75, 3.05) is 6.61 Å². The van der Waals surface area contributed by atoms with Crippen LogP contribution in [0.1, 0.15) is 36.2 Å². The van der Waals surface area contributed by atoms with Crippen LogP contribution in [-0.4, -0.2) is 28.1 Å². The third-order valence-corrected chi connectivity index (χ3v) is 3.26. The van der Waals surface area contributed by atoms with Gasteiger partial charge in [0.1, 0.15) is 5.69 Å². The average molecular weight is 236 g/mol. The molecule has 1 aromatic rings. The summed E-state index contributed by atoms with van der Waals surface area (Å²) >= 11 is 0. The van der Waals surface area contributed by atoms with Crippen LogP contribution in [0.3, 0.4) is 0 Å². The first-order chi connectivity index (χ1) is 8.15. The zero-order valence-corrected chi connectivity index (χ0v) is 9.53. The van der Waals surface area contributed by atoms with Crippen LogP contribution < -0.4 is 10.9 Å². The van der Waals surface area contributed by atoms with E-state index in [2.05, 4.69) is 10.3 Å². The number of rotatable bonds is 3. The Morgan fingerprint density at radius 2 is 2.12 bits per heavy atom. The van der Waals surface area contributed by atoms with E-state index in [1.165, 1.54) is 12.1 Å². The second-order valence-corrected chi connectivity index (χ2v) is 4.53. The van der Waals surface area contributed by atoms with Crippen molar-refractivity contribution in [3.63, 3.8) is 0 Å². The average Bonchev–Trinajstić information content (AvgIpc) is 2.78. The standard InChI is InChI=1S/C12H16N2O3/c15-8-12(6-1-2-7-12)14-11(17)9-4-3-5-10(16)13-9/h3-5,15H,1-2,6-8H2,(H,13,16)(H,14,17). The molecular weight excluding hydrogens is 220 g/mol. The Balaban J connectivity index is 2.13. The number of nitrogens with one attached hydrogen (secondary N) is 2. The van der Waals surface area contributed by atoms with E-state index in [4.69, 9.17) is 0 Å². The first kappa shape index (κ1) is 11.9. The zero-order valence-electron chi connectivity index (χ0n) is 9.53. The number of aliphatic hydroxyl groups is 1. The molecule has 5 heteroatoms. The molecular formula is C12H16N2O3. The first-order valence-corrected chi connectivity index (χ1v) is 5.78. The van der Waals surface area contributed by atoms with Gasteiger partial charge in [0.25, 0.3) is 5.91 Å². The zero-order chi connectivity index (χ0) is 12.3. The minimum Gasteiger partial charge on any atom is -0.394 e. The third-order valence-electron chi connectivity index (χ3n) is 3.26. The molecule has 1 aromatic heterocycles.